The van der Waals surface area contributed by atoms with Gasteiger partial charge in [-0.05, 0) is 12.8 Å². The fourth-order valence-corrected chi connectivity index (χ4v) is 2.37. The highest BCUT2D eigenvalue weighted by molar-refractivity contribution is 4.76. The molecule has 0 atom stereocenters. The average Bonchev–Trinajstić information content (AvgIpc) is 2.43. The van der Waals surface area contributed by atoms with Gasteiger partial charge in [-0.15, -0.1) is 0 Å². The van der Waals surface area contributed by atoms with Gasteiger partial charge < -0.3 is 5.11 Å². The minimum atomic E-state index is -4.17. The van der Waals surface area contributed by atoms with Gasteiger partial charge in [-0.2, -0.15) is 13.2 Å². The number of hydrogen-bond acceptors (Lipinski definition) is 2. The van der Waals surface area contributed by atoms with E-state index in [1.165, 1.54) is 4.90 Å². The Labute approximate surface area is 94.4 Å². The van der Waals surface area contributed by atoms with E-state index >= 15 is 0 Å². The van der Waals surface area contributed by atoms with Crippen molar-refractivity contribution in [2.45, 2.75) is 50.7 Å². The van der Waals surface area contributed by atoms with Gasteiger partial charge in [0.1, 0.15) is 0 Å². The molecule has 1 saturated carbocycles. The average molecular weight is 239 g/mol. The highest BCUT2D eigenvalue weighted by atomic mass is 19.4. The molecule has 0 aromatic carbocycles. The topological polar surface area (TPSA) is 23.5 Å². The van der Waals surface area contributed by atoms with Crippen molar-refractivity contribution in [2.75, 3.05) is 19.7 Å². The van der Waals surface area contributed by atoms with E-state index in [1.54, 1.807) is 0 Å². The van der Waals surface area contributed by atoms with E-state index in [0.717, 1.165) is 38.5 Å². The summed E-state index contributed by atoms with van der Waals surface area (Å²) in [6.07, 6.45) is 1.74. The highest BCUT2D eigenvalue weighted by Crippen LogP contribution is 2.25. The molecule has 1 rings (SSSR count). The van der Waals surface area contributed by atoms with Crippen LogP contribution in [0.15, 0.2) is 0 Å². The molecule has 0 radical (unpaired) electrons. The van der Waals surface area contributed by atoms with Gasteiger partial charge in [-0.25, -0.2) is 0 Å². The van der Waals surface area contributed by atoms with Crippen molar-refractivity contribution < 1.29 is 18.3 Å². The van der Waals surface area contributed by atoms with Gasteiger partial charge in [0.2, 0.25) is 0 Å². The van der Waals surface area contributed by atoms with Crippen LogP contribution in [0.1, 0.15) is 38.5 Å². The summed E-state index contributed by atoms with van der Waals surface area (Å²) in [7, 11) is 0. The first-order valence-corrected chi connectivity index (χ1v) is 5.94. The molecule has 1 N–H and O–H groups in total. The van der Waals surface area contributed by atoms with E-state index in [9.17, 15) is 13.2 Å². The predicted octanol–water partition coefficient (Wildman–Crippen LogP) is 2.57. The summed E-state index contributed by atoms with van der Waals surface area (Å²) < 4.78 is 37.1. The van der Waals surface area contributed by atoms with Crippen molar-refractivity contribution in [1.82, 2.24) is 4.90 Å². The summed E-state index contributed by atoms with van der Waals surface area (Å²) in [4.78, 5) is 1.39. The Bertz CT molecular complexity index is 188. The van der Waals surface area contributed by atoms with Crippen molar-refractivity contribution in [3.8, 4) is 0 Å². The standard InChI is InChI=1S/C11H20F3NO/c12-11(13,14)9-15(7-8-16)10-5-3-1-2-4-6-10/h10,16H,1-9H2. The van der Waals surface area contributed by atoms with Crippen LogP contribution in [-0.4, -0.2) is 41.9 Å². The second-order valence-electron chi connectivity index (χ2n) is 4.45. The lowest BCUT2D eigenvalue weighted by atomic mass is 10.1. The molecule has 5 heteroatoms. The number of rotatable bonds is 4. The van der Waals surface area contributed by atoms with Crippen LogP contribution in [0.5, 0.6) is 0 Å². The van der Waals surface area contributed by atoms with E-state index in [4.69, 9.17) is 5.11 Å². The van der Waals surface area contributed by atoms with Gasteiger partial charge in [-0.3, -0.25) is 4.90 Å². The van der Waals surface area contributed by atoms with E-state index < -0.39 is 12.7 Å². The van der Waals surface area contributed by atoms with Crippen LogP contribution in [0.4, 0.5) is 13.2 Å². The Kier molecular flexibility index (Phi) is 5.55. The Morgan fingerprint density at radius 3 is 2.06 bits per heavy atom. The van der Waals surface area contributed by atoms with Gasteiger partial charge in [0.15, 0.2) is 0 Å². The zero-order chi connectivity index (χ0) is 12.0. The SMILES string of the molecule is OCCN(CC(F)(F)F)C1CCCCCC1. The molecule has 0 aromatic rings. The van der Waals surface area contributed by atoms with Crippen LogP contribution in [0, 0.1) is 0 Å². The smallest absolute Gasteiger partial charge is 0.395 e. The number of aliphatic hydroxyl groups is 1. The number of hydrogen-bond donors (Lipinski definition) is 1. The molecule has 0 aromatic heterocycles. The Hall–Kier alpha value is -0.290. The van der Waals surface area contributed by atoms with E-state index in [2.05, 4.69) is 0 Å². The molecule has 0 heterocycles. The Balaban J connectivity index is 2.52. The third-order valence-electron chi connectivity index (χ3n) is 3.11. The summed E-state index contributed by atoms with van der Waals surface area (Å²) in [6, 6.07) is -0.00345. The quantitative estimate of drug-likeness (QED) is 0.762. The summed E-state index contributed by atoms with van der Waals surface area (Å²) in [5.74, 6) is 0. The Morgan fingerprint density at radius 2 is 1.62 bits per heavy atom. The molecule has 1 fully saturated rings. The zero-order valence-corrected chi connectivity index (χ0v) is 9.47. The first-order chi connectivity index (χ1) is 7.53. The highest BCUT2D eigenvalue weighted by Gasteiger charge is 2.33. The van der Waals surface area contributed by atoms with Crippen molar-refractivity contribution in [3.05, 3.63) is 0 Å². The predicted molar refractivity (Wildman–Crippen MR) is 56.2 cm³/mol. The van der Waals surface area contributed by atoms with Crippen molar-refractivity contribution in [2.24, 2.45) is 0 Å². The molecule has 0 aliphatic heterocycles. The van der Waals surface area contributed by atoms with Crippen molar-refractivity contribution >= 4 is 0 Å². The van der Waals surface area contributed by atoms with Crippen molar-refractivity contribution in [3.63, 3.8) is 0 Å². The molecule has 16 heavy (non-hydrogen) atoms. The summed E-state index contributed by atoms with van der Waals surface area (Å²) in [5.41, 5.74) is 0. The third kappa shape index (κ3) is 5.16. The first-order valence-electron chi connectivity index (χ1n) is 5.94. The third-order valence-corrected chi connectivity index (χ3v) is 3.11. The first kappa shape index (κ1) is 13.8. The number of nitrogens with zero attached hydrogens (tertiary/aromatic N) is 1. The second kappa shape index (κ2) is 6.45. The lowest BCUT2D eigenvalue weighted by Gasteiger charge is -2.31. The zero-order valence-electron chi connectivity index (χ0n) is 9.47. The van der Waals surface area contributed by atoms with Crippen LogP contribution in [0.25, 0.3) is 0 Å². The summed E-state index contributed by atoms with van der Waals surface area (Å²) >= 11 is 0. The maximum Gasteiger partial charge on any atom is 0.401 e. The largest absolute Gasteiger partial charge is 0.401 e. The lowest BCUT2D eigenvalue weighted by molar-refractivity contribution is -0.152. The van der Waals surface area contributed by atoms with Gasteiger partial charge in [0.05, 0.1) is 13.2 Å². The number of aliphatic hydroxyl groups excluding tert-OH is 1. The summed E-state index contributed by atoms with van der Waals surface area (Å²) in [5, 5.41) is 8.83. The molecule has 1 aliphatic carbocycles. The lowest BCUT2D eigenvalue weighted by Crippen LogP contribution is -2.43. The van der Waals surface area contributed by atoms with Crippen LogP contribution < -0.4 is 0 Å². The minimum Gasteiger partial charge on any atom is -0.395 e. The van der Waals surface area contributed by atoms with Crippen LogP contribution in [-0.2, 0) is 0 Å². The molecule has 0 unspecified atom stereocenters. The molecule has 0 saturated heterocycles. The second-order valence-corrected chi connectivity index (χ2v) is 4.45. The fraction of sp³-hybridized carbons (Fsp3) is 1.00. The van der Waals surface area contributed by atoms with Gasteiger partial charge >= 0.3 is 6.18 Å². The molecule has 0 bridgehead atoms. The fourth-order valence-electron chi connectivity index (χ4n) is 2.37. The van der Waals surface area contributed by atoms with Crippen LogP contribution in [0.2, 0.25) is 0 Å². The summed E-state index contributed by atoms with van der Waals surface area (Å²) in [6.45, 7) is -0.963. The normalized spacial score (nSPS) is 20.1. The van der Waals surface area contributed by atoms with E-state index in [1.807, 2.05) is 0 Å². The van der Waals surface area contributed by atoms with Crippen molar-refractivity contribution in [1.29, 1.82) is 0 Å². The van der Waals surface area contributed by atoms with E-state index in [-0.39, 0.29) is 19.2 Å². The van der Waals surface area contributed by atoms with E-state index in [0.29, 0.717) is 0 Å². The molecule has 2 nitrogen and oxygen atoms in total. The number of halogens is 3. The molecule has 1 aliphatic rings. The molecular weight excluding hydrogens is 219 g/mol. The van der Waals surface area contributed by atoms with Gasteiger partial charge in [0.25, 0.3) is 0 Å². The molecular formula is C11H20F3NO. The Morgan fingerprint density at radius 1 is 1.06 bits per heavy atom. The van der Waals surface area contributed by atoms with Gasteiger partial charge in [-0.1, -0.05) is 25.7 Å². The molecule has 0 spiro atoms. The number of alkyl halides is 3. The van der Waals surface area contributed by atoms with Gasteiger partial charge in [0, 0.05) is 12.6 Å². The van der Waals surface area contributed by atoms with Crippen LogP contribution in [0.3, 0.4) is 0 Å². The monoisotopic (exact) mass is 239 g/mol. The maximum absolute atomic E-state index is 12.4. The maximum atomic E-state index is 12.4. The molecule has 0 amide bonds. The minimum absolute atomic E-state index is 0.00345. The molecule has 96 valence electrons. The van der Waals surface area contributed by atoms with Crippen LogP contribution >= 0.6 is 0 Å².